The van der Waals surface area contributed by atoms with Crippen LogP contribution in [-0.4, -0.2) is 23.8 Å². The number of fused-ring (bicyclic) bond motifs is 3. The third-order valence-corrected chi connectivity index (χ3v) is 6.95. The van der Waals surface area contributed by atoms with E-state index in [1.165, 1.54) is 0 Å². The first kappa shape index (κ1) is 23.2. The monoisotopic (exact) mass is 463 g/mol. The summed E-state index contributed by atoms with van der Waals surface area (Å²) in [6.07, 6.45) is 0. The van der Waals surface area contributed by atoms with Crippen molar-refractivity contribution in [1.82, 2.24) is 0 Å². The van der Waals surface area contributed by atoms with Crippen LogP contribution >= 0.6 is 0 Å². The van der Waals surface area contributed by atoms with E-state index in [-0.39, 0.29) is 0 Å². The second-order valence-corrected chi connectivity index (χ2v) is 10.0. The topological polar surface area (TPSA) is 54.6 Å². The van der Waals surface area contributed by atoms with Crippen molar-refractivity contribution in [2.24, 2.45) is 0 Å². The standard InChI is InChI=1S/C30H30BNO3/c1-29(2,33)30(3,4)35-31-24-19-21(20-11-6-5-7-12-20)17-18-25(24)32-26-15-10-14-23-22-13-8-9-16-27(22)34-28(23)26/h5-19,31-33H,1-4H3. The van der Waals surface area contributed by atoms with Gasteiger partial charge in [0, 0.05) is 16.5 Å². The normalized spacial score (nSPS) is 12.3. The van der Waals surface area contributed by atoms with Crippen LogP contribution in [0.1, 0.15) is 27.7 Å². The lowest BCUT2D eigenvalue weighted by Gasteiger charge is -2.37. The molecule has 0 radical (unpaired) electrons. The number of para-hydroxylation sites is 2. The Morgan fingerprint density at radius 1 is 0.743 bits per heavy atom. The molecule has 1 aromatic heterocycles. The third-order valence-electron chi connectivity index (χ3n) is 6.95. The summed E-state index contributed by atoms with van der Waals surface area (Å²) in [6, 6.07) is 30.9. The van der Waals surface area contributed by atoms with E-state index < -0.39 is 11.2 Å². The largest absolute Gasteiger partial charge is 0.454 e. The van der Waals surface area contributed by atoms with Crippen molar-refractivity contribution in [3.8, 4) is 11.1 Å². The van der Waals surface area contributed by atoms with Crippen LogP contribution in [0.25, 0.3) is 33.1 Å². The Labute approximate surface area is 206 Å². The van der Waals surface area contributed by atoms with E-state index >= 15 is 0 Å². The molecule has 35 heavy (non-hydrogen) atoms. The SMILES string of the molecule is CC(C)(O)C(C)(C)OBc1cc(-c2ccccc2)ccc1Nc1cccc2c1oc1ccccc12. The fourth-order valence-electron chi connectivity index (χ4n) is 4.07. The summed E-state index contributed by atoms with van der Waals surface area (Å²) in [6.45, 7) is 7.37. The zero-order valence-electron chi connectivity index (χ0n) is 20.6. The van der Waals surface area contributed by atoms with Crippen molar-refractivity contribution in [1.29, 1.82) is 0 Å². The smallest absolute Gasteiger partial charge is 0.311 e. The van der Waals surface area contributed by atoms with Crippen molar-refractivity contribution in [2.45, 2.75) is 38.9 Å². The van der Waals surface area contributed by atoms with Gasteiger partial charge in [0.1, 0.15) is 5.58 Å². The number of hydrogen-bond acceptors (Lipinski definition) is 4. The Morgan fingerprint density at radius 2 is 1.46 bits per heavy atom. The van der Waals surface area contributed by atoms with E-state index in [0.717, 1.165) is 49.9 Å². The van der Waals surface area contributed by atoms with E-state index in [4.69, 9.17) is 9.07 Å². The Balaban J connectivity index is 1.55. The maximum atomic E-state index is 10.6. The van der Waals surface area contributed by atoms with E-state index in [9.17, 15) is 5.11 Å². The molecule has 0 unspecified atom stereocenters. The van der Waals surface area contributed by atoms with Crippen LogP contribution in [0, 0.1) is 0 Å². The summed E-state index contributed by atoms with van der Waals surface area (Å²) in [5, 5.41) is 16.4. The van der Waals surface area contributed by atoms with Gasteiger partial charge in [-0.15, -0.1) is 0 Å². The van der Waals surface area contributed by atoms with Gasteiger partial charge in [0.05, 0.1) is 16.9 Å². The summed E-state index contributed by atoms with van der Waals surface area (Å²) in [7, 11) is 0.343. The number of nitrogens with one attached hydrogen (secondary N) is 1. The highest BCUT2D eigenvalue weighted by Crippen LogP contribution is 2.34. The second kappa shape index (κ2) is 8.92. The second-order valence-electron chi connectivity index (χ2n) is 10.0. The minimum atomic E-state index is -0.989. The van der Waals surface area contributed by atoms with Crippen molar-refractivity contribution in [3.63, 3.8) is 0 Å². The molecular weight excluding hydrogens is 433 g/mol. The fourth-order valence-corrected chi connectivity index (χ4v) is 4.07. The molecule has 0 aliphatic carbocycles. The molecule has 0 fully saturated rings. The number of furan rings is 1. The maximum absolute atomic E-state index is 10.6. The molecule has 0 saturated heterocycles. The van der Waals surface area contributed by atoms with Gasteiger partial charge in [-0.25, -0.2) is 0 Å². The molecule has 0 aliphatic rings. The summed E-state index contributed by atoms with van der Waals surface area (Å²) in [4.78, 5) is 0. The van der Waals surface area contributed by atoms with Gasteiger partial charge in [-0.05, 0) is 62.5 Å². The van der Waals surface area contributed by atoms with Crippen LogP contribution in [0.3, 0.4) is 0 Å². The summed E-state index contributed by atoms with van der Waals surface area (Å²) in [5.41, 5.74) is 5.05. The predicted octanol–water partition coefficient (Wildman–Crippen LogP) is 6.54. The van der Waals surface area contributed by atoms with E-state index in [0.29, 0.717) is 7.48 Å². The first-order valence-corrected chi connectivity index (χ1v) is 11.9. The van der Waals surface area contributed by atoms with E-state index in [1.807, 2.05) is 62.4 Å². The van der Waals surface area contributed by atoms with Gasteiger partial charge in [-0.3, -0.25) is 0 Å². The highest BCUT2D eigenvalue weighted by molar-refractivity contribution is 6.50. The summed E-state index contributed by atoms with van der Waals surface area (Å²) in [5.74, 6) is 0. The van der Waals surface area contributed by atoms with Crippen molar-refractivity contribution < 1.29 is 14.2 Å². The zero-order valence-corrected chi connectivity index (χ0v) is 20.6. The Bertz CT molecular complexity index is 1480. The minimum Gasteiger partial charge on any atom is -0.454 e. The quantitative estimate of drug-likeness (QED) is 0.269. The van der Waals surface area contributed by atoms with Crippen molar-refractivity contribution >= 4 is 46.3 Å². The molecule has 2 N–H and O–H groups in total. The Hall–Kier alpha value is -3.54. The van der Waals surface area contributed by atoms with Crippen molar-refractivity contribution in [3.05, 3.63) is 91.0 Å². The summed E-state index contributed by atoms with van der Waals surface area (Å²) < 4.78 is 12.5. The average Bonchev–Trinajstić information content (AvgIpc) is 3.23. The molecule has 5 aromatic rings. The van der Waals surface area contributed by atoms with Gasteiger partial charge in [0.2, 0.25) is 0 Å². The zero-order chi connectivity index (χ0) is 24.6. The third kappa shape index (κ3) is 4.57. The number of rotatable bonds is 7. The Morgan fingerprint density at radius 3 is 2.23 bits per heavy atom. The minimum absolute atomic E-state index is 0.343. The fraction of sp³-hybridized carbons (Fsp3) is 0.200. The molecule has 0 atom stereocenters. The maximum Gasteiger partial charge on any atom is 0.311 e. The van der Waals surface area contributed by atoms with Gasteiger partial charge >= 0.3 is 7.48 Å². The van der Waals surface area contributed by atoms with Crippen LogP contribution in [0.5, 0.6) is 0 Å². The van der Waals surface area contributed by atoms with Gasteiger partial charge in [-0.2, -0.15) is 0 Å². The molecule has 0 aliphatic heterocycles. The molecular formula is C30H30BNO3. The number of hydrogen-bond donors (Lipinski definition) is 2. The van der Waals surface area contributed by atoms with Gasteiger partial charge in [-0.1, -0.05) is 72.8 Å². The number of anilines is 2. The van der Waals surface area contributed by atoms with Gasteiger partial charge < -0.3 is 19.5 Å². The molecule has 176 valence electrons. The van der Waals surface area contributed by atoms with Crippen LogP contribution in [-0.2, 0) is 4.65 Å². The highest BCUT2D eigenvalue weighted by Gasteiger charge is 2.35. The molecule has 0 amide bonds. The summed E-state index contributed by atoms with van der Waals surface area (Å²) >= 11 is 0. The van der Waals surface area contributed by atoms with Crippen LogP contribution in [0.15, 0.2) is 95.4 Å². The van der Waals surface area contributed by atoms with Gasteiger partial charge in [0.25, 0.3) is 0 Å². The van der Waals surface area contributed by atoms with Gasteiger partial charge in [0.15, 0.2) is 5.58 Å². The van der Waals surface area contributed by atoms with E-state index in [1.54, 1.807) is 13.8 Å². The lowest BCUT2D eigenvalue weighted by atomic mass is 9.80. The molecule has 4 nitrogen and oxygen atoms in total. The number of benzene rings is 4. The molecule has 0 spiro atoms. The van der Waals surface area contributed by atoms with Crippen molar-refractivity contribution in [2.75, 3.05) is 5.32 Å². The van der Waals surface area contributed by atoms with Crippen LogP contribution in [0.4, 0.5) is 11.4 Å². The van der Waals surface area contributed by atoms with E-state index in [2.05, 4.69) is 47.8 Å². The molecule has 0 saturated carbocycles. The highest BCUT2D eigenvalue weighted by atomic mass is 16.5. The average molecular weight is 463 g/mol. The molecule has 4 aromatic carbocycles. The molecule has 1 heterocycles. The van der Waals surface area contributed by atoms with Crippen LogP contribution in [0.2, 0.25) is 0 Å². The molecule has 5 heteroatoms. The Kier molecular flexibility index (Phi) is 5.91. The van der Waals surface area contributed by atoms with Crippen LogP contribution < -0.4 is 10.8 Å². The first-order chi connectivity index (χ1) is 16.7. The number of aliphatic hydroxyl groups is 1. The molecule has 5 rings (SSSR count). The first-order valence-electron chi connectivity index (χ1n) is 11.9. The lowest BCUT2D eigenvalue weighted by Crippen LogP contribution is -2.49. The predicted molar refractivity (Wildman–Crippen MR) is 147 cm³/mol. The molecule has 0 bridgehead atoms. The lowest BCUT2D eigenvalue weighted by molar-refractivity contribution is -0.0893.